The van der Waals surface area contributed by atoms with Crippen LogP contribution >= 0.6 is 0 Å². The van der Waals surface area contributed by atoms with Crippen LogP contribution in [0.1, 0.15) is 35.8 Å². The lowest BCUT2D eigenvalue weighted by Crippen LogP contribution is -2.42. The number of carbonyl (C=O) groups is 1. The van der Waals surface area contributed by atoms with Gasteiger partial charge in [0.25, 0.3) is 0 Å². The number of nitrogens with zero attached hydrogens (tertiary/aromatic N) is 3. The number of aryl methyl sites for hydroxylation is 2. The molecule has 5 nitrogen and oxygen atoms in total. The number of hydrogen-bond donors (Lipinski definition) is 1. The number of rotatable bonds is 5. The molecular formula is C18H24N4O. The van der Waals surface area contributed by atoms with Crippen LogP contribution in [0.25, 0.3) is 0 Å². The van der Waals surface area contributed by atoms with E-state index in [4.69, 9.17) is 5.73 Å². The fourth-order valence-electron chi connectivity index (χ4n) is 3.61. The van der Waals surface area contributed by atoms with Gasteiger partial charge in [-0.05, 0) is 44.9 Å². The SMILES string of the molecule is Cc1cc(C)n(CC2CCCN2C(C(N)=O)c2ccccc2)n1. The summed E-state index contributed by atoms with van der Waals surface area (Å²) in [5.41, 5.74) is 8.89. The predicted molar refractivity (Wildman–Crippen MR) is 89.8 cm³/mol. The Morgan fingerprint density at radius 1 is 1.35 bits per heavy atom. The Morgan fingerprint density at radius 2 is 2.09 bits per heavy atom. The van der Waals surface area contributed by atoms with E-state index >= 15 is 0 Å². The molecule has 0 saturated carbocycles. The number of aromatic nitrogens is 2. The smallest absolute Gasteiger partial charge is 0.239 e. The summed E-state index contributed by atoms with van der Waals surface area (Å²) in [5, 5.41) is 4.56. The van der Waals surface area contributed by atoms with Gasteiger partial charge in [-0.3, -0.25) is 14.4 Å². The van der Waals surface area contributed by atoms with Crippen LogP contribution in [0, 0.1) is 13.8 Å². The zero-order valence-electron chi connectivity index (χ0n) is 13.8. The van der Waals surface area contributed by atoms with E-state index in [1.54, 1.807) is 0 Å². The first-order valence-electron chi connectivity index (χ1n) is 8.17. The van der Waals surface area contributed by atoms with Crippen molar-refractivity contribution in [2.24, 2.45) is 5.73 Å². The Labute approximate surface area is 137 Å². The number of amides is 1. The Bertz CT molecular complexity index is 680. The average molecular weight is 312 g/mol. The van der Waals surface area contributed by atoms with Crippen molar-refractivity contribution in [1.82, 2.24) is 14.7 Å². The second-order valence-electron chi connectivity index (χ2n) is 6.36. The maximum Gasteiger partial charge on any atom is 0.239 e. The normalized spacial score (nSPS) is 19.8. The molecule has 1 fully saturated rings. The van der Waals surface area contributed by atoms with Gasteiger partial charge >= 0.3 is 0 Å². The van der Waals surface area contributed by atoms with Gasteiger partial charge < -0.3 is 5.73 Å². The molecule has 2 atom stereocenters. The first kappa shape index (κ1) is 15.7. The molecule has 1 aromatic carbocycles. The number of nitrogens with two attached hydrogens (primary N) is 1. The Morgan fingerprint density at radius 3 is 2.70 bits per heavy atom. The molecule has 1 aromatic heterocycles. The molecule has 2 N–H and O–H groups in total. The largest absolute Gasteiger partial charge is 0.368 e. The topological polar surface area (TPSA) is 64.2 Å². The second kappa shape index (κ2) is 6.54. The van der Waals surface area contributed by atoms with Crippen molar-refractivity contribution in [2.45, 2.75) is 45.3 Å². The van der Waals surface area contributed by atoms with E-state index in [1.807, 2.05) is 41.9 Å². The van der Waals surface area contributed by atoms with Crippen molar-refractivity contribution in [2.75, 3.05) is 6.54 Å². The lowest BCUT2D eigenvalue weighted by molar-refractivity contribution is -0.124. The Balaban J connectivity index is 1.84. The lowest BCUT2D eigenvalue weighted by atomic mass is 10.0. The van der Waals surface area contributed by atoms with E-state index in [9.17, 15) is 4.79 Å². The fourth-order valence-corrected chi connectivity index (χ4v) is 3.61. The monoisotopic (exact) mass is 312 g/mol. The summed E-state index contributed by atoms with van der Waals surface area (Å²) < 4.78 is 2.04. The van der Waals surface area contributed by atoms with E-state index in [1.165, 1.54) is 0 Å². The highest BCUT2D eigenvalue weighted by molar-refractivity contribution is 5.81. The standard InChI is InChI=1S/C18H24N4O/c1-13-11-14(2)22(20-13)12-16-9-6-10-21(16)17(18(19)23)15-7-4-3-5-8-15/h3-5,7-8,11,16-17H,6,9-10,12H2,1-2H3,(H2,19,23). The van der Waals surface area contributed by atoms with Gasteiger partial charge in [0.05, 0.1) is 12.2 Å². The van der Waals surface area contributed by atoms with Gasteiger partial charge in [0, 0.05) is 11.7 Å². The zero-order chi connectivity index (χ0) is 16.4. The number of likely N-dealkylation sites (tertiary alicyclic amines) is 1. The molecule has 122 valence electrons. The van der Waals surface area contributed by atoms with E-state index in [0.29, 0.717) is 0 Å². The van der Waals surface area contributed by atoms with Gasteiger partial charge in [0.1, 0.15) is 6.04 Å². The second-order valence-corrected chi connectivity index (χ2v) is 6.36. The summed E-state index contributed by atoms with van der Waals surface area (Å²) in [5.74, 6) is -0.281. The summed E-state index contributed by atoms with van der Waals surface area (Å²) in [6, 6.07) is 11.8. The third kappa shape index (κ3) is 3.29. The van der Waals surface area contributed by atoms with E-state index in [0.717, 1.165) is 42.9 Å². The molecule has 0 radical (unpaired) electrons. The molecule has 5 heteroatoms. The molecule has 0 aliphatic carbocycles. The quantitative estimate of drug-likeness (QED) is 0.920. The highest BCUT2D eigenvalue weighted by Gasteiger charge is 2.35. The lowest BCUT2D eigenvalue weighted by Gasteiger charge is -2.31. The molecule has 1 saturated heterocycles. The Hall–Kier alpha value is -2.14. The first-order chi connectivity index (χ1) is 11.1. The Kier molecular flexibility index (Phi) is 4.48. The molecule has 1 amide bonds. The summed E-state index contributed by atoms with van der Waals surface area (Å²) in [6.07, 6.45) is 2.15. The van der Waals surface area contributed by atoms with Crippen LogP contribution in [0.15, 0.2) is 36.4 Å². The summed E-state index contributed by atoms with van der Waals surface area (Å²) >= 11 is 0. The third-order valence-corrected chi connectivity index (χ3v) is 4.63. The highest BCUT2D eigenvalue weighted by atomic mass is 16.1. The first-order valence-corrected chi connectivity index (χ1v) is 8.17. The predicted octanol–water partition coefficient (Wildman–Crippen LogP) is 2.19. The molecule has 1 aliphatic rings. The van der Waals surface area contributed by atoms with Crippen molar-refractivity contribution in [3.05, 3.63) is 53.3 Å². The van der Waals surface area contributed by atoms with Gasteiger partial charge in [0.15, 0.2) is 0 Å². The highest BCUT2D eigenvalue weighted by Crippen LogP contribution is 2.30. The van der Waals surface area contributed by atoms with Crippen LogP contribution in [0.3, 0.4) is 0 Å². The van der Waals surface area contributed by atoms with Crippen molar-refractivity contribution in [3.63, 3.8) is 0 Å². The number of primary amides is 1. The minimum atomic E-state index is -0.360. The van der Waals surface area contributed by atoms with Crippen molar-refractivity contribution in [1.29, 1.82) is 0 Å². The summed E-state index contributed by atoms with van der Waals surface area (Å²) in [4.78, 5) is 14.4. The zero-order valence-corrected chi connectivity index (χ0v) is 13.8. The van der Waals surface area contributed by atoms with Crippen molar-refractivity contribution < 1.29 is 4.79 Å². The van der Waals surface area contributed by atoms with E-state index in [-0.39, 0.29) is 18.0 Å². The minimum absolute atomic E-state index is 0.281. The maximum atomic E-state index is 12.1. The van der Waals surface area contributed by atoms with Crippen LogP contribution < -0.4 is 5.73 Å². The van der Waals surface area contributed by atoms with Gasteiger partial charge in [-0.15, -0.1) is 0 Å². The van der Waals surface area contributed by atoms with Crippen LogP contribution in [0.4, 0.5) is 0 Å². The number of carbonyl (C=O) groups excluding carboxylic acids is 1. The molecular weight excluding hydrogens is 288 g/mol. The minimum Gasteiger partial charge on any atom is -0.368 e. The average Bonchev–Trinajstić information content (AvgIpc) is 3.08. The summed E-state index contributed by atoms with van der Waals surface area (Å²) in [7, 11) is 0. The van der Waals surface area contributed by atoms with E-state index < -0.39 is 0 Å². The van der Waals surface area contributed by atoms with Gasteiger partial charge in [-0.2, -0.15) is 5.10 Å². The molecule has 2 unspecified atom stereocenters. The van der Waals surface area contributed by atoms with Crippen molar-refractivity contribution in [3.8, 4) is 0 Å². The molecule has 2 heterocycles. The van der Waals surface area contributed by atoms with Gasteiger partial charge in [0.2, 0.25) is 5.91 Å². The summed E-state index contributed by atoms with van der Waals surface area (Å²) in [6.45, 7) is 5.77. The maximum absolute atomic E-state index is 12.1. The van der Waals surface area contributed by atoms with Crippen LogP contribution in [0.5, 0.6) is 0 Å². The van der Waals surface area contributed by atoms with Gasteiger partial charge in [-0.25, -0.2) is 0 Å². The molecule has 0 spiro atoms. The molecule has 2 aromatic rings. The van der Waals surface area contributed by atoms with Crippen LogP contribution in [-0.2, 0) is 11.3 Å². The molecule has 1 aliphatic heterocycles. The molecule has 0 bridgehead atoms. The third-order valence-electron chi connectivity index (χ3n) is 4.63. The fraction of sp³-hybridized carbons (Fsp3) is 0.444. The van der Waals surface area contributed by atoms with Crippen molar-refractivity contribution >= 4 is 5.91 Å². The van der Waals surface area contributed by atoms with Gasteiger partial charge in [-0.1, -0.05) is 30.3 Å². The van der Waals surface area contributed by atoms with Crippen LogP contribution in [0.2, 0.25) is 0 Å². The number of hydrogen-bond acceptors (Lipinski definition) is 3. The molecule has 3 rings (SSSR count). The number of benzene rings is 1. The van der Waals surface area contributed by atoms with Crippen LogP contribution in [-0.4, -0.2) is 33.2 Å². The van der Waals surface area contributed by atoms with E-state index in [2.05, 4.69) is 23.0 Å². The molecule has 23 heavy (non-hydrogen) atoms.